The summed E-state index contributed by atoms with van der Waals surface area (Å²) in [7, 11) is 2.03. The van der Waals surface area contributed by atoms with Crippen LogP contribution in [0.2, 0.25) is 0 Å². The highest BCUT2D eigenvalue weighted by Gasteiger charge is 2.26. The molecule has 1 unspecified atom stereocenters. The first-order chi connectivity index (χ1) is 9.00. The van der Waals surface area contributed by atoms with Gasteiger partial charge in [0.1, 0.15) is 0 Å². The third-order valence-electron chi connectivity index (χ3n) is 3.29. The lowest BCUT2D eigenvalue weighted by molar-refractivity contribution is 0.491. The Bertz CT molecular complexity index is 379. The second-order valence-corrected chi connectivity index (χ2v) is 6.79. The molecule has 0 aliphatic carbocycles. The van der Waals surface area contributed by atoms with Gasteiger partial charge in [0.05, 0.1) is 10.6 Å². The van der Waals surface area contributed by atoms with E-state index in [9.17, 15) is 0 Å². The molecule has 1 aromatic rings. The summed E-state index contributed by atoms with van der Waals surface area (Å²) in [6.45, 7) is 10.4. The second kappa shape index (κ2) is 7.75. The van der Waals surface area contributed by atoms with Crippen LogP contribution in [-0.2, 0) is 5.41 Å². The molecule has 0 aliphatic heterocycles. The highest BCUT2D eigenvalue weighted by atomic mass is 32.1. The topological polar surface area (TPSA) is 37.8 Å². The van der Waals surface area contributed by atoms with Crippen LogP contribution in [0.15, 0.2) is 12.7 Å². The lowest BCUT2D eigenvalue weighted by atomic mass is 9.89. The summed E-state index contributed by atoms with van der Waals surface area (Å²) < 4.78 is 4.15. The second-order valence-electron chi connectivity index (χ2n) is 6.00. The predicted molar refractivity (Wildman–Crippen MR) is 83.7 cm³/mol. The van der Waals surface area contributed by atoms with Crippen molar-refractivity contribution in [3.05, 3.63) is 23.2 Å². The van der Waals surface area contributed by atoms with Gasteiger partial charge in [-0.15, -0.1) is 11.7 Å². The number of allylic oxidation sites excluding steroid dienone is 1. The van der Waals surface area contributed by atoms with Crippen LogP contribution >= 0.6 is 11.5 Å². The molecule has 0 radical (unpaired) electrons. The van der Waals surface area contributed by atoms with E-state index >= 15 is 0 Å². The molecular weight excluding hydrogens is 254 g/mol. The Labute approximate surface area is 121 Å². The smallest absolute Gasteiger partial charge is 0.0857 e. The first-order valence-corrected chi connectivity index (χ1v) is 7.89. The summed E-state index contributed by atoms with van der Waals surface area (Å²) in [5, 5.41) is 7.75. The third kappa shape index (κ3) is 5.03. The van der Waals surface area contributed by atoms with E-state index in [0.29, 0.717) is 6.04 Å². The fourth-order valence-electron chi connectivity index (χ4n) is 2.17. The predicted octanol–water partition coefficient (Wildman–Crippen LogP) is 4.23. The van der Waals surface area contributed by atoms with Gasteiger partial charge in [0.15, 0.2) is 0 Å². The Kier molecular flexibility index (Phi) is 6.66. The number of aromatic nitrogens is 2. The van der Waals surface area contributed by atoms with Crippen molar-refractivity contribution in [2.45, 2.75) is 64.3 Å². The van der Waals surface area contributed by atoms with Crippen LogP contribution in [0.25, 0.3) is 0 Å². The van der Waals surface area contributed by atoms with E-state index in [-0.39, 0.29) is 5.41 Å². The highest BCUT2D eigenvalue weighted by Crippen LogP contribution is 2.32. The van der Waals surface area contributed by atoms with Gasteiger partial charge in [-0.3, -0.25) is 0 Å². The third-order valence-corrected chi connectivity index (χ3v) is 4.13. The van der Waals surface area contributed by atoms with Crippen molar-refractivity contribution in [2.75, 3.05) is 7.05 Å². The number of hydrogen-bond donors (Lipinski definition) is 1. The van der Waals surface area contributed by atoms with E-state index in [1.165, 1.54) is 35.7 Å². The molecular formula is C15H27N3S. The normalized spacial score (nSPS) is 13.5. The van der Waals surface area contributed by atoms with Crippen molar-refractivity contribution in [2.24, 2.45) is 0 Å². The largest absolute Gasteiger partial charge is 0.312 e. The van der Waals surface area contributed by atoms with Gasteiger partial charge in [-0.05, 0) is 37.8 Å². The Morgan fingerprint density at radius 1 is 1.32 bits per heavy atom. The first-order valence-electron chi connectivity index (χ1n) is 7.11. The molecule has 0 saturated carbocycles. The maximum atomic E-state index is 4.33. The lowest BCUT2D eigenvalue weighted by Gasteiger charge is -2.21. The van der Waals surface area contributed by atoms with Gasteiger partial charge >= 0.3 is 0 Å². The van der Waals surface area contributed by atoms with Crippen LogP contribution in [-0.4, -0.2) is 16.6 Å². The summed E-state index contributed by atoms with van der Waals surface area (Å²) in [6.07, 6.45) is 8.02. The van der Waals surface area contributed by atoms with Crippen LogP contribution in [0.4, 0.5) is 0 Å². The van der Waals surface area contributed by atoms with E-state index in [1.807, 2.05) is 13.1 Å². The Balaban J connectivity index is 2.60. The van der Waals surface area contributed by atoms with Crippen molar-refractivity contribution in [3.63, 3.8) is 0 Å². The monoisotopic (exact) mass is 281 g/mol. The number of rotatable bonds is 8. The minimum Gasteiger partial charge on any atom is -0.312 e. The van der Waals surface area contributed by atoms with E-state index < -0.39 is 0 Å². The molecule has 0 aliphatic rings. The van der Waals surface area contributed by atoms with Gasteiger partial charge in [0.2, 0.25) is 0 Å². The molecule has 19 heavy (non-hydrogen) atoms. The summed E-state index contributed by atoms with van der Waals surface area (Å²) in [5.74, 6) is 0. The van der Waals surface area contributed by atoms with Crippen LogP contribution in [0.3, 0.4) is 0 Å². The molecule has 4 heteroatoms. The quantitative estimate of drug-likeness (QED) is 0.572. The fourth-order valence-corrected chi connectivity index (χ4v) is 3.17. The van der Waals surface area contributed by atoms with Crippen molar-refractivity contribution in [3.8, 4) is 0 Å². The fraction of sp³-hybridized carbons (Fsp3) is 0.733. The molecule has 0 saturated heterocycles. The van der Waals surface area contributed by atoms with Crippen LogP contribution in [0.5, 0.6) is 0 Å². The molecule has 1 rings (SSSR count). The van der Waals surface area contributed by atoms with Gasteiger partial charge < -0.3 is 5.32 Å². The van der Waals surface area contributed by atoms with Crippen molar-refractivity contribution in [1.29, 1.82) is 0 Å². The van der Waals surface area contributed by atoms with Gasteiger partial charge in [-0.1, -0.05) is 44.2 Å². The molecule has 108 valence electrons. The lowest BCUT2D eigenvalue weighted by Crippen LogP contribution is -2.21. The zero-order chi connectivity index (χ0) is 14.3. The molecule has 0 aromatic carbocycles. The molecule has 0 fully saturated rings. The van der Waals surface area contributed by atoms with Crippen molar-refractivity contribution in [1.82, 2.24) is 14.9 Å². The summed E-state index contributed by atoms with van der Waals surface area (Å²) in [5.41, 5.74) is 1.21. The summed E-state index contributed by atoms with van der Waals surface area (Å²) >= 11 is 1.54. The molecule has 1 aromatic heterocycles. The zero-order valence-electron chi connectivity index (χ0n) is 12.7. The van der Waals surface area contributed by atoms with Crippen LogP contribution in [0, 0.1) is 0 Å². The van der Waals surface area contributed by atoms with E-state index in [2.05, 4.69) is 42.3 Å². The minimum absolute atomic E-state index is 0.0697. The SMILES string of the molecule is C=CCCCCCC(NC)c1snnc1C(C)(C)C. The molecule has 1 N–H and O–H groups in total. The molecule has 0 amide bonds. The highest BCUT2D eigenvalue weighted by molar-refractivity contribution is 7.05. The van der Waals surface area contributed by atoms with Crippen LogP contribution < -0.4 is 5.32 Å². The average molecular weight is 281 g/mol. The number of nitrogens with zero attached hydrogens (tertiary/aromatic N) is 2. The van der Waals surface area contributed by atoms with Crippen molar-refractivity contribution >= 4 is 11.5 Å². The summed E-state index contributed by atoms with van der Waals surface area (Å²) in [6, 6.07) is 0.387. The number of hydrogen-bond acceptors (Lipinski definition) is 4. The maximum Gasteiger partial charge on any atom is 0.0857 e. The average Bonchev–Trinajstić information content (AvgIpc) is 2.82. The van der Waals surface area contributed by atoms with Crippen molar-refractivity contribution < 1.29 is 0 Å². The Hall–Kier alpha value is -0.740. The van der Waals surface area contributed by atoms with Crippen LogP contribution in [0.1, 0.15) is 69.5 Å². The minimum atomic E-state index is 0.0697. The number of nitrogens with one attached hydrogen (secondary N) is 1. The Morgan fingerprint density at radius 2 is 2.05 bits per heavy atom. The van der Waals surface area contributed by atoms with Gasteiger partial charge in [0.25, 0.3) is 0 Å². The molecule has 1 atom stereocenters. The summed E-state index contributed by atoms with van der Waals surface area (Å²) in [4.78, 5) is 1.30. The molecule has 1 heterocycles. The Morgan fingerprint density at radius 3 is 2.63 bits per heavy atom. The zero-order valence-corrected chi connectivity index (χ0v) is 13.5. The van der Waals surface area contributed by atoms with E-state index in [1.54, 1.807) is 0 Å². The molecule has 0 bridgehead atoms. The standard InChI is InChI=1S/C15H27N3S/c1-6-7-8-9-10-11-12(16-5)13-14(15(2,3)4)17-18-19-13/h6,12,16H,1,7-11H2,2-5H3. The van der Waals surface area contributed by atoms with Gasteiger partial charge in [-0.2, -0.15) is 0 Å². The van der Waals surface area contributed by atoms with E-state index in [4.69, 9.17) is 0 Å². The molecule has 3 nitrogen and oxygen atoms in total. The van der Waals surface area contributed by atoms with Gasteiger partial charge in [0, 0.05) is 11.5 Å². The van der Waals surface area contributed by atoms with Gasteiger partial charge in [-0.25, -0.2) is 0 Å². The maximum absolute atomic E-state index is 4.33. The first kappa shape index (κ1) is 16.3. The number of unbranched alkanes of at least 4 members (excludes halogenated alkanes) is 3. The van der Waals surface area contributed by atoms with E-state index in [0.717, 1.165) is 18.5 Å². The molecule has 0 spiro atoms.